The summed E-state index contributed by atoms with van der Waals surface area (Å²) in [5, 5.41) is 2.71. The number of nitrogens with one attached hydrogen (secondary N) is 1. The van der Waals surface area contributed by atoms with Gasteiger partial charge in [-0.1, -0.05) is 0 Å². The second-order valence-electron chi connectivity index (χ2n) is 4.40. The topological polar surface area (TPSA) is 46.9 Å². The van der Waals surface area contributed by atoms with Gasteiger partial charge in [0.1, 0.15) is 5.82 Å². The molecule has 18 heavy (non-hydrogen) atoms. The molecule has 0 aliphatic heterocycles. The van der Waals surface area contributed by atoms with Gasteiger partial charge in [0.05, 0.1) is 12.0 Å². The van der Waals surface area contributed by atoms with E-state index < -0.39 is 0 Å². The first-order chi connectivity index (χ1) is 8.74. The van der Waals surface area contributed by atoms with Gasteiger partial charge in [-0.05, 0) is 31.0 Å². The lowest BCUT2D eigenvalue weighted by molar-refractivity contribution is -0.117. The number of carbonyl (C=O) groups excluding carboxylic acids is 1. The number of aromatic nitrogens is 2. The fraction of sp³-hybridized carbons (Fsp3) is 0.231. The van der Waals surface area contributed by atoms with E-state index in [2.05, 4.69) is 10.3 Å². The van der Waals surface area contributed by atoms with Gasteiger partial charge in [-0.3, -0.25) is 4.79 Å². The molecule has 1 saturated carbocycles. The van der Waals surface area contributed by atoms with Crippen LogP contribution >= 0.6 is 0 Å². The predicted molar refractivity (Wildman–Crippen MR) is 64.9 cm³/mol. The van der Waals surface area contributed by atoms with Gasteiger partial charge in [0.15, 0.2) is 0 Å². The van der Waals surface area contributed by atoms with Gasteiger partial charge >= 0.3 is 0 Å². The zero-order chi connectivity index (χ0) is 12.5. The molecular formula is C13H12FN3O. The normalized spacial score (nSPS) is 14.5. The molecule has 5 heteroatoms. The van der Waals surface area contributed by atoms with Crippen molar-refractivity contribution in [3.05, 3.63) is 42.7 Å². The Morgan fingerprint density at radius 2 is 2.28 bits per heavy atom. The fourth-order valence-corrected chi connectivity index (χ4v) is 1.79. The van der Waals surface area contributed by atoms with E-state index in [0.29, 0.717) is 11.4 Å². The van der Waals surface area contributed by atoms with E-state index in [1.54, 1.807) is 29.1 Å². The quantitative estimate of drug-likeness (QED) is 0.902. The Hall–Kier alpha value is -2.17. The zero-order valence-corrected chi connectivity index (χ0v) is 9.64. The number of imidazole rings is 1. The van der Waals surface area contributed by atoms with Gasteiger partial charge < -0.3 is 9.88 Å². The largest absolute Gasteiger partial charge is 0.326 e. The first kappa shape index (κ1) is 11.0. The summed E-state index contributed by atoms with van der Waals surface area (Å²) in [6.45, 7) is 0. The molecule has 0 bridgehead atoms. The SMILES string of the molecule is O=C(Nc1ccc(-n2ccnc2)c(F)c1)C1CC1. The maximum Gasteiger partial charge on any atom is 0.227 e. The highest BCUT2D eigenvalue weighted by Crippen LogP contribution is 2.30. The Kier molecular flexibility index (Phi) is 2.59. The number of anilines is 1. The minimum Gasteiger partial charge on any atom is -0.326 e. The molecule has 0 spiro atoms. The van der Waals surface area contributed by atoms with E-state index in [9.17, 15) is 9.18 Å². The number of hydrogen-bond donors (Lipinski definition) is 1. The maximum atomic E-state index is 13.9. The molecule has 92 valence electrons. The van der Waals surface area contributed by atoms with Crippen molar-refractivity contribution < 1.29 is 9.18 Å². The Morgan fingerprint density at radius 3 is 2.89 bits per heavy atom. The van der Waals surface area contributed by atoms with Crippen LogP contribution in [0.3, 0.4) is 0 Å². The Labute approximate surface area is 103 Å². The van der Waals surface area contributed by atoms with Crippen LogP contribution in [-0.4, -0.2) is 15.5 Å². The molecule has 1 aliphatic carbocycles. The monoisotopic (exact) mass is 245 g/mol. The molecule has 0 unspecified atom stereocenters. The number of amides is 1. The molecule has 0 radical (unpaired) electrons. The van der Waals surface area contributed by atoms with Crippen molar-refractivity contribution in [3.63, 3.8) is 0 Å². The number of rotatable bonds is 3. The molecule has 4 nitrogen and oxygen atoms in total. The highest BCUT2D eigenvalue weighted by Gasteiger charge is 2.29. The van der Waals surface area contributed by atoms with E-state index in [1.807, 2.05) is 0 Å². The van der Waals surface area contributed by atoms with Crippen LogP contribution in [0.5, 0.6) is 0 Å². The van der Waals surface area contributed by atoms with E-state index in [4.69, 9.17) is 0 Å². The van der Waals surface area contributed by atoms with Crippen LogP contribution in [0.25, 0.3) is 5.69 Å². The fourth-order valence-electron chi connectivity index (χ4n) is 1.79. The standard InChI is InChI=1S/C13H12FN3O/c14-11-7-10(16-13(18)9-1-2-9)3-4-12(11)17-6-5-15-8-17/h3-9H,1-2H2,(H,16,18). The van der Waals surface area contributed by atoms with Crippen LogP contribution in [0.15, 0.2) is 36.9 Å². The van der Waals surface area contributed by atoms with Crippen LogP contribution in [0.4, 0.5) is 10.1 Å². The lowest BCUT2D eigenvalue weighted by Gasteiger charge is -2.08. The molecule has 1 aromatic heterocycles. The lowest BCUT2D eigenvalue weighted by atomic mass is 10.2. The highest BCUT2D eigenvalue weighted by atomic mass is 19.1. The van der Waals surface area contributed by atoms with Crippen molar-refractivity contribution in [1.29, 1.82) is 0 Å². The Bertz CT molecular complexity index is 576. The summed E-state index contributed by atoms with van der Waals surface area (Å²) in [4.78, 5) is 15.4. The van der Waals surface area contributed by atoms with E-state index in [-0.39, 0.29) is 17.6 Å². The van der Waals surface area contributed by atoms with Gasteiger partial charge in [-0.15, -0.1) is 0 Å². The number of benzene rings is 1. The van der Waals surface area contributed by atoms with Gasteiger partial charge in [0.2, 0.25) is 5.91 Å². The van der Waals surface area contributed by atoms with Crippen molar-refractivity contribution in [2.75, 3.05) is 5.32 Å². The van der Waals surface area contributed by atoms with Gasteiger partial charge in [-0.2, -0.15) is 0 Å². The average Bonchev–Trinajstić information content (AvgIpc) is 3.07. The van der Waals surface area contributed by atoms with Crippen molar-refractivity contribution in [2.45, 2.75) is 12.8 Å². The van der Waals surface area contributed by atoms with Crippen LogP contribution in [0, 0.1) is 11.7 Å². The molecule has 1 N–H and O–H groups in total. The molecule has 0 saturated heterocycles. The number of carbonyl (C=O) groups is 1. The van der Waals surface area contributed by atoms with Gasteiger partial charge in [0.25, 0.3) is 0 Å². The van der Waals surface area contributed by atoms with E-state index in [0.717, 1.165) is 12.8 Å². The van der Waals surface area contributed by atoms with Crippen molar-refractivity contribution >= 4 is 11.6 Å². The van der Waals surface area contributed by atoms with Crippen LogP contribution in [0.2, 0.25) is 0 Å². The summed E-state index contributed by atoms with van der Waals surface area (Å²) >= 11 is 0. The molecule has 3 rings (SSSR count). The first-order valence-electron chi connectivity index (χ1n) is 5.83. The smallest absolute Gasteiger partial charge is 0.227 e. The summed E-state index contributed by atoms with van der Waals surface area (Å²) in [6.07, 6.45) is 6.65. The summed E-state index contributed by atoms with van der Waals surface area (Å²) < 4.78 is 15.5. The molecule has 2 aromatic rings. The molecule has 1 amide bonds. The summed E-state index contributed by atoms with van der Waals surface area (Å²) in [5.41, 5.74) is 0.908. The van der Waals surface area contributed by atoms with E-state index >= 15 is 0 Å². The number of nitrogens with zero attached hydrogens (tertiary/aromatic N) is 2. The van der Waals surface area contributed by atoms with Gasteiger partial charge in [0, 0.05) is 24.0 Å². The van der Waals surface area contributed by atoms with Crippen molar-refractivity contribution in [3.8, 4) is 5.69 Å². The minimum atomic E-state index is -0.387. The summed E-state index contributed by atoms with van der Waals surface area (Å²) in [6, 6.07) is 4.65. The average molecular weight is 245 g/mol. The maximum absolute atomic E-state index is 13.9. The van der Waals surface area contributed by atoms with Crippen molar-refractivity contribution in [1.82, 2.24) is 9.55 Å². The summed E-state index contributed by atoms with van der Waals surface area (Å²) in [7, 11) is 0. The van der Waals surface area contributed by atoms with Crippen LogP contribution < -0.4 is 5.32 Å². The third kappa shape index (κ3) is 2.11. The molecule has 1 aliphatic rings. The Morgan fingerprint density at radius 1 is 1.44 bits per heavy atom. The van der Waals surface area contributed by atoms with E-state index in [1.165, 1.54) is 12.4 Å². The van der Waals surface area contributed by atoms with Gasteiger partial charge in [-0.25, -0.2) is 9.37 Å². The predicted octanol–water partition coefficient (Wildman–Crippen LogP) is 2.36. The lowest BCUT2D eigenvalue weighted by Crippen LogP contribution is -2.13. The van der Waals surface area contributed by atoms with Crippen molar-refractivity contribution in [2.24, 2.45) is 5.92 Å². The first-order valence-corrected chi connectivity index (χ1v) is 5.83. The Balaban J connectivity index is 1.82. The number of halogens is 1. The zero-order valence-electron chi connectivity index (χ0n) is 9.64. The third-order valence-corrected chi connectivity index (χ3v) is 2.95. The molecule has 1 aromatic carbocycles. The second-order valence-corrected chi connectivity index (χ2v) is 4.40. The third-order valence-electron chi connectivity index (χ3n) is 2.95. The highest BCUT2D eigenvalue weighted by molar-refractivity contribution is 5.94. The summed E-state index contributed by atoms with van der Waals surface area (Å²) in [5.74, 6) is -0.298. The molecule has 1 fully saturated rings. The van der Waals surface area contributed by atoms with Crippen LogP contribution in [0.1, 0.15) is 12.8 Å². The minimum absolute atomic E-state index is 0.0234. The molecule has 0 atom stereocenters. The number of hydrogen-bond acceptors (Lipinski definition) is 2. The molecule has 1 heterocycles. The molecular weight excluding hydrogens is 233 g/mol. The second kappa shape index (κ2) is 4.25. The van der Waals surface area contributed by atoms with Crippen LogP contribution in [-0.2, 0) is 4.79 Å².